The number of carbonyl (C=O) groups excluding carboxylic acids is 1. The number of aromatic nitrogens is 2. The number of methoxy groups -OCH3 is 1. The zero-order valence-corrected chi connectivity index (χ0v) is 22.0. The Bertz CT molecular complexity index is 1720. The average molecular weight is 575 g/mol. The molecule has 0 aliphatic carbocycles. The lowest BCUT2D eigenvalue weighted by atomic mass is 10.1. The van der Waals surface area contributed by atoms with Gasteiger partial charge in [0.1, 0.15) is 0 Å². The van der Waals surface area contributed by atoms with Crippen molar-refractivity contribution in [1.82, 2.24) is 15.2 Å². The fraction of sp³-hybridized carbons (Fsp3) is 0.115. The van der Waals surface area contributed by atoms with Gasteiger partial charge in [0.2, 0.25) is 5.75 Å². The first kappa shape index (κ1) is 28.8. The molecule has 0 fully saturated rings. The van der Waals surface area contributed by atoms with Crippen molar-refractivity contribution in [2.45, 2.75) is 13.5 Å². The minimum Gasteiger partial charge on any atom is -0.493 e. The average Bonchev–Trinajstić information content (AvgIpc) is 3.34. The lowest BCUT2D eigenvalue weighted by molar-refractivity contribution is -0.394. The second kappa shape index (κ2) is 12.3. The maximum atomic E-state index is 12.5. The zero-order chi connectivity index (χ0) is 30.4. The van der Waals surface area contributed by atoms with Crippen molar-refractivity contribution in [1.29, 1.82) is 0 Å². The van der Waals surface area contributed by atoms with E-state index >= 15 is 0 Å². The number of nitrogens with one attached hydrogen (secondary N) is 1. The summed E-state index contributed by atoms with van der Waals surface area (Å²) in [4.78, 5) is 43.7. The molecule has 4 aromatic rings. The molecule has 1 amide bonds. The summed E-state index contributed by atoms with van der Waals surface area (Å²) in [6, 6.07) is 15.5. The van der Waals surface area contributed by atoms with Gasteiger partial charge >= 0.3 is 11.5 Å². The molecule has 0 saturated heterocycles. The molecule has 16 nitrogen and oxygen atoms in total. The topological polar surface area (TPSA) is 207 Å². The van der Waals surface area contributed by atoms with Gasteiger partial charge < -0.3 is 19.6 Å². The maximum Gasteiger partial charge on any atom is 0.390 e. The normalized spacial score (nSPS) is 10.8. The van der Waals surface area contributed by atoms with E-state index in [1.165, 1.54) is 36.2 Å². The number of aryl methyl sites for hydroxylation is 1. The van der Waals surface area contributed by atoms with E-state index in [4.69, 9.17) is 9.47 Å². The Morgan fingerprint density at radius 2 is 1.64 bits per heavy atom. The first-order chi connectivity index (χ1) is 20.0. The van der Waals surface area contributed by atoms with Crippen LogP contribution in [0.5, 0.6) is 17.2 Å². The minimum absolute atomic E-state index is 0.107. The van der Waals surface area contributed by atoms with Crippen molar-refractivity contribution in [2.24, 2.45) is 5.10 Å². The van der Waals surface area contributed by atoms with Gasteiger partial charge in [0.15, 0.2) is 11.5 Å². The number of nitro groups is 3. The van der Waals surface area contributed by atoms with Crippen LogP contribution in [-0.4, -0.2) is 43.8 Å². The van der Waals surface area contributed by atoms with E-state index in [1.54, 1.807) is 37.3 Å². The number of benzene rings is 3. The van der Waals surface area contributed by atoms with Crippen LogP contribution >= 0.6 is 0 Å². The number of hydrogen-bond acceptors (Lipinski definition) is 11. The highest BCUT2D eigenvalue weighted by atomic mass is 16.6. The van der Waals surface area contributed by atoms with E-state index in [9.17, 15) is 35.1 Å². The highest BCUT2D eigenvalue weighted by Gasteiger charge is 2.22. The van der Waals surface area contributed by atoms with Crippen LogP contribution in [0.3, 0.4) is 0 Å². The molecule has 16 heteroatoms. The van der Waals surface area contributed by atoms with Crippen LogP contribution in [0.2, 0.25) is 0 Å². The van der Waals surface area contributed by atoms with Gasteiger partial charge in [-0.2, -0.15) is 9.78 Å². The highest BCUT2D eigenvalue weighted by molar-refractivity contribution is 5.95. The van der Waals surface area contributed by atoms with Crippen molar-refractivity contribution in [3.05, 3.63) is 119 Å². The van der Waals surface area contributed by atoms with E-state index in [2.05, 4.69) is 15.6 Å². The number of hydrogen-bond donors (Lipinski definition) is 1. The third-order valence-corrected chi connectivity index (χ3v) is 5.84. The Kier molecular flexibility index (Phi) is 8.46. The SMILES string of the molecule is COc1cc(/C=N\NC(=O)c2ccc(Cn3nc([N+](=O)[O-])cc3C)cc2)ccc1Oc1ccc([N+](=O)[O-])cc1[N+](=O)[O-]. The van der Waals surface area contributed by atoms with Gasteiger partial charge in [-0.05, 0) is 59.4 Å². The summed E-state index contributed by atoms with van der Waals surface area (Å²) < 4.78 is 12.4. The molecule has 0 saturated carbocycles. The van der Waals surface area contributed by atoms with Gasteiger partial charge in [0, 0.05) is 11.6 Å². The van der Waals surface area contributed by atoms with Gasteiger partial charge in [-0.1, -0.05) is 12.1 Å². The van der Waals surface area contributed by atoms with E-state index in [0.29, 0.717) is 23.4 Å². The molecule has 4 rings (SSSR count). The Balaban J connectivity index is 1.40. The molecule has 0 aliphatic rings. The smallest absolute Gasteiger partial charge is 0.390 e. The number of amides is 1. The van der Waals surface area contributed by atoms with Crippen LogP contribution in [0.15, 0.2) is 71.8 Å². The van der Waals surface area contributed by atoms with Crippen LogP contribution < -0.4 is 14.9 Å². The third-order valence-electron chi connectivity index (χ3n) is 5.84. The van der Waals surface area contributed by atoms with E-state index in [0.717, 1.165) is 23.8 Å². The predicted octanol–water partition coefficient (Wildman–Crippen LogP) is 4.53. The van der Waals surface area contributed by atoms with Gasteiger partial charge in [-0.15, -0.1) is 0 Å². The molecule has 0 unspecified atom stereocenters. The number of ether oxygens (including phenoxy) is 2. The minimum atomic E-state index is -0.791. The Morgan fingerprint density at radius 1 is 0.929 bits per heavy atom. The van der Waals surface area contributed by atoms with Crippen molar-refractivity contribution in [3.63, 3.8) is 0 Å². The molecule has 214 valence electrons. The molecule has 0 bridgehead atoms. The van der Waals surface area contributed by atoms with Gasteiger partial charge in [-0.25, -0.2) is 5.43 Å². The molecular weight excluding hydrogens is 554 g/mol. The summed E-state index contributed by atoms with van der Waals surface area (Å²) in [6.07, 6.45) is 1.35. The van der Waals surface area contributed by atoms with Crippen LogP contribution in [-0.2, 0) is 6.54 Å². The lowest BCUT2D eigenvalue weighted by Crippen LogP contribution is -2.17. The molecular formula is C26H21N7O9. The predicted molar refractivity (Wildman–Crippen MR) is 147 cm³/mol. The first-order valence-electron chi connectivity index (χ1n) is 12.0. The number of carbonyl (C=O) groups is 1. The van der Waals surface area contributed by atoms with Crippen LogP contribution in [0, 0.1) is 37.3 Å². The van der Waals surface area contributed by atoms with E-state index in [1.807, 2.05) is 0 Å². The highest BCUT2D eigenvalue weighted by Crippen LogP contribution is 2.38. The van der Waals surface area contributed by atoms with Crippen molar-refractivity contribution in [2.75, 3.05) is 7.11 Å². The summed E-state index contributed by atoms with van der Waals surface area (Å²) in [5.74, 6) is -0.651. The number of nitro benzene ring substituents is 2. The van der Waals surface area contributed by atoms with Gasteiger partial charge in [0.25, 0.3) is 11.6 Å². The molecule has 0 spiro atoms. The molecule has 3 aromatic carbocycles. The van der Waals surface area contributed by atoms with E-state index < -0.39 is 32.1 Å². The van der Waals surface area contributed by atoms with Crippen LogP contribution in [0.25, 0.3) is 0 Å². The summed E-state index contributed by atoms with van der Waals surface area (Å²) in [7, 11) is 1.35. The monoisotopic (exact) mass is 575 g/mol. The summed E-state index contributed by atoms with van der Waals surface area (Å²) in [5.41, 5.74) is 3.59. The Hall–Kier alpha value is -6.19. The molecule has 1 aromatic heterocycles. The fourth-order valence-electron chi connectivity index (χ4n) is 3.72. The lowest BCUT2D eigenvalue weighted by Gasteiger charge is -2.11. The molecule has 42 heavy (non-hydrogen) atoms. The summed E-state index contributed by atoms with van der Waals surface area (Å²) in [5, 5.41) is 41.1. The number of hydrazone groups is 1. The Labute approximate surface area is 236 Å². The van der Waals surface area contributed by atoms with Crippen LogP contribution in [0.1, 0.15) is 27.2 Å². The maximum absolute atomic E-state index is 12.5. The molecule has 1 heterocycles. The summed E-state index contributed by atoms with van der Waals surface area (Å²) in [6.45, 7) is 2.00. The van der Waals surface area contributed by atoms with Crippen molar-refractivity contribution >= 4 is 29.3 Å². The molecule has 1 N–H and O–H groups in total. The number of nitrogens with zero attached hydrogens (tertiary/aromatic N) is 6. The number of non-ortho nitro benzene ring substituents is 1. The zero-order valence-electron chi connectivity index (χ0n) is 22.0. The van der Waals surface area contributed by atoms with Gasteiger partial charge in [-0.3, -0.25) is 25.0 Å². The Morgan fingerprint density at radius 3 is 2.26 bits per heavy atom. The second-order valence-electron chi connectivity index (χ2n) is 8.63. The fourth-order valence-corrected chi connectivity index (χ4v) is 3.72. The third kappa shape index (κ3) is 6.68. The molecule has 0 atom stereocenters. The largest absolute Gasteiger partial charge is 0.493 e. The second-order valence-corrected chi connectivity index (χ2v) is 8.63. The molecule has 0 aliphatic heterocycles. The van der Waals surface area contributed by atoms with Crippen molar-refractivity contribution < 1.29 is 29.0 Å². The molecule has 0 radical (unpaired) electrons. The van der Waals surface area contributed by atoms with Crippen LogP contribution in [0.4, 0.5) is 17.2 Å². The quantitative estimate of drug-likeness (QED) is 0.150. The first-order valence-corrected chi connectivity index (χ1v) is 12.0. The standard InChI is InChI=1S/C26H21N7O9/c1-16-11-25(33(39)40)29-30(16)15-17-3-6-19(7-4-17)26(34)28-27-14-18-5-9-23(24(12-18)41-2)42-22-10-8-20(31(35)36)13-21(22)32(37)38/h3-14H,15H2,1-2H3,(H,28,34)/b27-14-. The number of rotatable bonds is 11. The van der Waals surface area contributed by atoms with E-state index in [-0.39, 0.29) is 23.1 Å². The van der Waals surface area contributed by atoms with Gasteiger partial charge in [0.05, 0.1) is 52.6 Å². The van der Waals surface area contributed by atoms with Crippen molar-refractivity contribution in [3.8, 4) is 17.2 Å². The summed E-state index contributed by atoms with van der Waals surface area (Å²) >= 11 is 0.